The number of aliphatic imine (C=N–C) groups is 1. The molecule has 1 aromatic rings. The molecule has 1 saturated heterocycles. The van der Waals surface area contributed by atoms with Gasteiger partial charge in [0.1, 0.15) is 36.0 Å². The average molecular weight is 805 g/mol. The Hall–Kier alpha value is -5.50. The lowest BCUT2D eigenvalue weighted by Gasteiger charge is -2.33. The maximum absolute atomic E-state index is 14.1. The van der Waals surface area contributed by atoms with Crippen LogP contribution >= 0.6 is 0 Å². The third-order valence-corrected chi connectivity index (χ3v) is 9.77. The van der Waals surface area contributed by atoms with Gasteiger partial charge in [-0.2, -0.15) is 0 Å². The van der Waals surface area contributed by atoms with Gasteiger partial charge in [0, 0.05) is 25.9 Å². The number of phenols is 1. The van der Waals surface area contributed by atoms with Crippen LogP contribution in [0.4, 0.5) is 0 Å². The number of nitrogens with one attached hydrogen (secondary N) is 4. The number of rotatable bonds is 25. The summed E-state index contributed by atoms with van der Waals surface area (Å²) in [5.74, 6) is -6.71. The Bertz CT molecular complexity index is 1560. The fourth-order valence-corrected chi connectivity index (χ4v) is 6.25. The number of carboxylic acid groups (broad SMARTS) is 2. The fraction of sp³-hybridized carbons (Fsp3) is 0.622. The molecule has 1 aliphatic heterocycles. The second kappa shape index (κ2) is 24.2. The summed E-state index contributed by atoms with van der Waals surface area (Å²) < 4.78 is 0. The number of aromatic hydroxyl groups is 1. The maximum atomic E-state index is 14.1. The van der Waals surface area contributed by atoms with E-state index in [2.05, 4.69) is 26.3 Å². The van der Waals surface area contributed by atoms with Crippen LogP contribution in [-0.2, 0) is 40.0 Å². The molecule has 1 heterocycles. The number of carboxylic acids is 2. The number of carbonyl (C=O) groups is 7. The zero-order chi connectivity index (χ0) is 42.7. The number of carbonyl (C=O) groups excluding carboxylic acids is 5. The lowest BCUT2D eigenvalue weighted by atomic mass is 9.96. The molecule has 0 radical (unpaired) electrons. The van der Waals surface area contributed by atoms with Crippen molar-refractivity contribution in [1.82, 2.24) is 26.2 Å². The normalized spacial score (nSPS) is 16.8. The minimum Gasteiger partial charge on any atom is -0.508 e. The summed E-state index contributed by atoms with van der Waals surface area (Å²) in [6.45, 7) is 4.20. The first-order chi connectivity index (χ1) is 27.0. The van der Waals surface area contributed by atoms with Crippen LogP contribution in [0, 0.1) is 5.92 Å². The molecule has 15 N–H and O–H groups in total. The molecule has 1 aromatic carbocycles. The second-order valence-corrected chi connectivity index (χ2v) is 14.2. The molecule has 0 aromatic heterocycles. The largest absolute Gasteiger partial charge is 0.508 e. The Morgan fingerprint density at radius 2 is 1.49 bits per heavy atom. The molecule has 20 heteroatoms. The van der Waals surface area contributed by atoms with Crippen molar-refractivity contribution in [2.45, 2.75) is 121 Å². The van der Waals surface area contributed by atoms with E-state index in [0.717, 1.165) is 0 Å². The summed E-state index contributed by atoms with van der Waals surface area (Å²) in [6, 6.07) is -1.34. The van der Waals surface area contributed by atoms with Crippen molar-refractivity contribution < 1.29 is 48.9 Å². The number of guanidine groups is 1. The number of likely N-dealkylation sites (tertiary alicyclic amines) is 1. The van der Waals surface area contributed by atoms with Crippen molar-refractivity contribution in [3.63, 3.8) is 0 Å². The number of nitrogens with two attached hydrogens (primary N) is 4. The molecule has 57 heavy (non-hydrogen) atoms. The van der Waals surface area contributed by atoms with Crippen LogP contribution in [0.25, 0.3) is 0 Å². The molecule has 0 unspecified atom stereocenters. The Labute approximate surface area is 331 Å². The zero-order valence-corrected chi connectivity index (χ0v) is 32.7. The Balaban J connectivity index is 2.26. The first kappa shape index (κ1) is 47.7. The Morgan fingerprint density at radius 1 is 0.860 bits per heavy atom. The molecule has 1 fully saturated rings. The molecule has 0 aliphatic carbocycles. The first-order valence-corrected chi connectivity index (χ1v) is 19.2. The third kappa shape index (κ3) is 16.2. The number of hydrogen-bond donors (Lipinski definition) is 11. The van der Waals surface area contributed by atoms with Crippen molar-refractivity contribution in [3.05, 3.63) is 29.8 Å². The minimum absolute atomic E-state index is 0.00551. The standard InChI is InChI=1S/C37H60N10O10/c1-3-21(2)30(35(55)47-19-7-10-28(47)34(54)45-27(36(56)57)20-22-11-13-23(48)14-12-22)46-33(53)26(15-16-29(49)50)44-32(52)25(9-4-5-17-38)43-31(51)24(39)8-6-18-42-37(40)41/h11-14,21,24-28,30,48H,3-10,15-20,38-39H2,1-2H3,(H,43,51)(H,44,52)(H,45,54)(H,46,53)(H,49,50)(H,56,57)(H4,40,41,42)/t21-,24-,25-,26-,27-,28-,30-/m0/s1. The lowest BCUT2D eigenvalue weighted by molar-refractivity contribution is -0.145. The van der Waals surface area contributed by atoms with Crippen LogP contribution in [0.1, 0.15) is 83.6 Å². The highest BCUT2D eigenvalue weighted by atomic mass is 16.4. The van der Waals surface area contributed by atoms with Gasteiger partial charge in [0.25, 0.3) is 0 Å². The molecule has 0 bridgehead atoms. The van der Waals surface area contributed by atoms with E-state index in [1.165, 1.54) is 29.2 Å². The summed E-state index contributed by atoms with van der Waals surface area (Å²) in [4.78, 5) is 96.9. The van der Waals surface area contributed by atoms with E-state index in [1.54, 1.807) is 13.8 Å². The van der Waals surface area contributed by atoms with Crippen LogP contribution in [0.2, 0.25) is 0 Å². The lowest BCUT2D eigenvalue weighted by Crippen LogP contribution is -2.60. The van der Waals surface area contributed by atoms with Crippen LogP contribution < -0.4 is 44.2 Å². The van der Waals surface area contributed by atoms with Crippen molar-refractivity contribution in [2.75, 3.05) is 19.6 Å². The maximum Gasteiger partial charge on any atom is 0.326 e. The SMILES string of the molecule is CC[C@H](C)[C@H](NC(=O)[C@H](CCC(=O)O)NC(=O)[C@H](CCCCN)NC(=O)[C@@H](N)CCCN=C(N)N)C(=O)N1CCC[C@H]1C(=O)N[C@@H](Cc1ccc(O)cc1)C(=O)O. The molecule has 0 saturated carbocycles. The monoisotopic (exact) mass is 804 g/mol. The summed E-state index contributed by atoms with van der Waals surface area (Å²) in [7, 11) is 0. The van der Waals surface area contributed by atoms with Gasteiger partial charge in [0.2, 0.25) is 29.5 Å². The van der Waals surface area contributed by atoms with Crippen molar-refractivity contribution in [2.24, 2.45) is 33.8 Å². The number of benzene rings is 1. The minimum atomic E-state index is -1.44. The van der Waals surface area contributed by atoms with Gasteiger partial charge in [-0.15, -0.1) is 0 Å². The van der Waals surface area contributed by atoms with E-state index in [4.69, 9.17) is 22.9 Å². The summed E-state index contributed by atoms with van der Waals surface area (Å²) >= 11 is 0. The number of phenolic OH excluding ortho intramolecular Hbond substituents is 1. The van der Waals surface area contributed by atoms with Gasteiger partial charge in [-0.05, 0) is 81.5 Å². The molecule has 7 atom stereocenters. The Kier molecular flexibility index (Phi) is 20.2. The smallest absolute Gasteiger partial charge is 0.326 e. The highest BCUT2D eigenvalue weighted by Gasteiger charge is 2.41. The highest BCUT2D eigenvalue weighted by Crippen LogP contribution is 2.22. The zero-order valence-electron chi connectivity index (χ0n) is 32.7. The number of nitrogens with zero attached hydrogens (tertiary/aromatic N) is 2. The first-order valence-electron chi connectivity index (χ1n) is 19.2. The van der Waals surface area contributed by atoms with E-state index in [0.29, 0.717) is 44.2 Å². The number of unbranched alkanes of at least 4 members (excludes halogenated alkanes) is 1. The summed E-state index contributed by atoms with van der Waals surface area (Å²) in [5.41, 5.74) is 22.9. The molecule has 20 nitrogen and oxygen atoms in total. The van der Waals surface area contributed by atoms with Crippen LogP contribution in [-0.4, -0.2) is 124 Å². The van der Waals surface area contributed by atoms with E-state index in [-0.39, 0.29) is 56.9 Å². The predicted molar refractivity (Wildman–Crippen MR) is 209 cm³/mol. The number of aliphatic carboxylic acids is 2. The molecule has 1 aliphatic rings. The quantitative estimate of drug-likeness (QED) is 0.0300. The van der Waals surface area contributed by atoms with Crippen LogP contribution in [0.15, 0.2) is 29.3 Å². The summed E-state index contributed by atoms with van der Waals surface area (Å²) in [6.07, 6.45) is 1.79. The predicted octanol–water partition coefficient (Wildman–Crippen LogP) is -1.63. The molecule has 318 valence electrons. The van der Waals surface area contributed by atoms with Crippen molar-refractivity contribution in [3.8, 4) is 5.75 Å². The van der Waals surface area contributed by atoms with Gasteiger partial charge in [-0.25, -0.2) is 4.79 Å². The average Bonchev–Trinajstić information content (AvgIpc) is 3.66. The number of hydrogen-bond acceptors (Lipinski definition) is 11. The van der Waals surface area contributed by atoms with Crippen LogP contribution in [0.5, 0.6) is 5.75 Å². The van der Waals surface area contributed by atoms with Crippen molar-refractivity contribution >= 4 is 47.4 Å². The van der Waals surface area contributed by atoms with Gasteiger partial charge in [0.15, 0.2) is 5.96 Å². The second-order valence-electron chi connectivity index (χ2n) is 14.2. The van der Waals surface area contributed by atoms with E-state index in [1.807, 2.05) is 0 Å². The number of amides is 5. The third-order valence-electron chi connectivity index (χ3n) is 9.77. The van der Waals surface area contributed by atoms with Gasteiger partial charge < -0.3 is 64.4 Å². The van der Waals surface area contributed by atoms with Gasteiger partial charge >= 0.3 is 11.9 Å². The van der Waals surface area contributed by atoms with Gasteiger partial charge in [-0.1, -0.05) is 32.4 Å². The van der Waals surface area contributed by atoms with E-state index in [9.17, 15) is 48.9 Å². The highest BCUT2D eigenvalue weighted by molar-refractivity contribution is 5.97. The molecule has 2 rings (SSSR count). The fourth-order valence-electron chi connectivity index (χ4n) is 6.25. The van der Waals surface area contributed by atoms with Gasteiger partial charge in [-0.3, -0.25) is 33.8 Å². The van der Waals surface area contributed by atoms with Crippen molar-refractivity contribution in [1.29, 1.82) is 0 Å². The summed E-state index contributed by atoms with van der Waals surface area (Å²) in [5, 5.41) is 39.2. The topological polar surface area (TPSA) is 348 Å². The molecule has 0 spiro atoms. The molecular weight excluding hydrogens is 744 g/mol. The van der Waals surface area contributed by atoms with E-state index >= 15 is 0 Å². The van der Waals surface area contributed by atoms with Crippen LogP contribution in [0.3, 0.4) is 0 Å². The van der Waals surface area contributed by atoms with E-state index < -0.39 is 90.1 Å². The van der Waals surface area contributed by atoms with Gasteiger partial charge in [0.05, 0.1) is 6.04 Å². The Morgan fingerprint density at radius 3 is 2.09 bits per heavy atom. The molecule has 5 amide bonds. The molecular formula is C37H60N10O10.